The summed E-state index contributed by atoms with van der Waals surface area (Å²) in [7, 11) is 1.86. The van der Waals surface area contributed by atoms with Gasteiger partial charge in [-0.15, -0.1) is 0 Å². The summed E-state index contributed by atoms with van der Waals surface area (Å²) < 4.78 is 0. The van der Waals surface area contributed by atoms with E-state index in [2.05, 4.69) is 15.3 Å². The molecule has 2 aromatic rings. The van der Waals surface area contributed by atoms with E-state index in [1.54, 1.807) is 12.1 Å². The maximum absolute atomic E-state index is 6.05. The largest absolute Gasteiger partial charge is 0.373 e. The normalized spacial score (nSPS) is 14.5. The van der Waals surface area contributed by atoms with Gasteiger partial charge in [-0.3, -0.25) is 0 Å². The fourth-order valence-corrected chi connectivity index (χ4v) is 2.24. The van der Waals surface area contributed by atoms with Gasteiger partial charge in [0.25, 0.3) is 0 Å². The Balaban J connectivity index is 2.07. The fourth-order valence-electron chi connectivity index (χ4n) is 1.95. The summed E-state index contributed by atoms with van der Waals surface area (Å²) in [4.78, 5) is 9.11. The van der Waals surface area contributed by atoms with Gasteiger partial charge in [0, 0.05) is 30.3 Å². The van der Waals surface area contributed by atoms with Gasteiger partial charge >= 0.3 is 0 Å². The first-order valence-electron chi connectivity index (χ1n) is 6.19. The molecule has 1 heterocycles. The third kappa shape index (κ3) is 2.67. The van der Waals surface area contributed by atoms with Gasteiger partial charge in [0.15, 0.2) is 5.82 Å². The molecule has 0 spiro atoms. The first-order chi connectivity index (χ1) is 9.17. The molecule has 1 aromatic heterocycles. The van der Waals surface area contributed by atoms with Crippen molar-refractivity contribution in [3.63, 3.8) is 0 Å². The van der Waals surface area contributed by atoms with Gasteiger partial charge in [-0.25, -0.2) is 9.97 Å². The number of nitrogens with one attached hydrogen (secondary N) is 1. The Bertz CT molecular complexity index is 624. The average Bonchev–Trinajstić information content (AvgIpc) is 3.26. The van der Waals surface area contributed by atoms with Crippen LogP contribution in [0.4, 0.5) is 5.82 Å². The van der Waals surface area contributed by atoms with E-state index in [0.717, 1.165) is 17.1 Å². The predicted octanol–water partition coefficient (Wildman–Crippen LogP) is 4.37. The van der Waals surface area contributed by atoms with Crippen LogP contribution in [0.5, 0.6) is 0 Å². The van der Waals surface area contributed by atoms with E-state index in [0.29, 0.717) is 21.8 Å². The van der Waals surface area contributed by atoms with Crippen LogP contribution in [0, 0.1) is 0 Å². The highest BCUT2D eigenvalue weighted by molar-refractivity contribution is 6.42. The molecule has 1 aliphatic carbocycles. The lowest BCUT2D eigenvalue weighted by atomic mass is 10.2. The highest BCUT2D eigenvalue weighted by Crippen LogP contribution is 2.40. The van der Waals surface area contributed by atoms with Crippen LogP contribution in [0.15, 0.2) is 24.3 Å². The number of nitrogens with zero attached hydrogens (tertiary/aromatic N) is 2. The molecule has 0 unspecified atom stereocenters. The van der Waals surface area contributed by atoms with Crippen molar-refractivity contribution in [2.45, 2.75) is 18.8 Å². The summed E-state index contributed by atoms with van der Waals surface area (Å²) in [5, 5.41) is 4.13. The summed E-state index contributed by atoms with van der Waals surface area (Å²) in [6.07, 6.45) is 2.42. The molecule has 1 aliphatic rings. The molecule has 1 fully saturated rings. The molecule has 19 heavy (non-hydrogen) atoms. The molecule has 5 heteroatoms. The minimum absolute atomic E-state index is 0.519. The predicted molar refractivity (Wildman–Crippen MR) is 79.0 cm³/mol. The maximum Gasteiger partial charge on any atom is 0.161 e. The van der Waals surface area contributed by atoms with Crippen LogP contribution in [0.25, 0.3) is 11.4 Å². The van der Waals surface area contributed by atoms with Crippen molar-refractivity contribution in [1.82, 2.24) is 9.97 Å². The molecule has 0 radical (unpaired) electrons. The highest BCUT2D eigenvalue weighted by Gasteiger charge is 2.26. The molecule has 1 aromatic carbocycles. The molecular weight excluding hydrogens is 281 g/mol. The first-order valence-corrected chi connectivity index (χ1v) is 6.95. The molecule has 1 N–H and O–H groups in total. The van der Waals surface area contributed by atoms with Crippen LogP contribution < -0.4 is 5.32 Å². The molecule has 0 saturated heterocycles. The van der Waals surface area contributed by atoms with Crippen molar-refractivity contribution in [1.29, 1.82) is 0 Å². The summed E-state index contributed by atoms with van der Waals surface area (Å²) >= 11 is 12.0. The number of rotatable bonds is 3. The van der Waals surface area contributed by atoms with Crippen LogP contribution in [0.1, 0.15) is 24.5 Å². The lowest BCUT2D eigenvalue weighted by Gasteiger charge is -2.08. The van der Waals surface area contributed by atoms with Gasteiger partial charge in [0.1, 0.15) is 5.82 Å². The Morgan fingerprint density at radius 3 is 2.53 bits per heavy atom. The zero-order chi connectivity index (χ0) is 13.4. The summed E-state index contributed by atoms with van der Waals surface area (Å²) in [5.41, 5.74) is 1.98. The van der Waals surface area contributed by atoms with E-state index >= 15 is 0 Å². The summed E-state index contributed by atoms with van der Waals surface area (Å²) in [5.74, 6) is 2.10. The molecule has 3 nitrogen and oxygen atoms in total. The molecule has 0 amide bonds. The smallest absolute Gasteiger partial charge is 0.161 e. The average molecular weight is 294 g/mol. The monoisotopic (exact) mass is 293 g/mol. The Labute approximate surface area is 122 Å². The molecular formula is C14H13Cl2N3. The number of hydrogen-bond acceptors (Lipinski definition) is 3. The molecule has 0 atom stereocenters. The number of hydrogen-bond donors (Lipinski definition) is 1. The second-order valence-corrected chi connectivity index (χ2v) is 5.47. The number of halogens is 2. The third-order valence-electron chi connectivity index (χ3n) is 3.18. The first kappa shape index (κ1) is 12.7. The Morgan fingerprint density at radius 1 is 1.11 bits per heavy atom. The van der Waals surface area contributed by atoms with Gasteiger partial charge in [0.2, 0.25) is 0 Å². The van der Waals surface area contributed by atoms with Gasteiger partial charge in [-0.1, -0.05) is 23.2 Å². The van der Waals surface area contributed by atoms with Gasteiger partial charge < -0.3 is 5.32 Å². The van der Waals surface area contributed by atoms with E-state index in [-0.39, 0.29) is 0 Å². The Kier molecular flexibility index (Phi) is 3.33. The molecule has 0 aliphatic heterocycles. The second-order valence-electron chi connectivity index (χ2n) is 4.65. The minimum Gasteiger partial charge on any atom is -0.373 e. The standard InChI is InChI=1S/C14H13Cl2N3/c1-17-13-7-12(8-2-3-8)18-14(19-13)9-4-5-10(15)11(16)6-9/h4-8H,2-3H2,1H3,(H,17,18,19). The zero-order valence-electron chi connectivity index (χ0n) is 10.5. The van der Waals surface area contributed by atoms with Crippen LogP contribution in [-0.4, -0.2) is 17.0 Å². The number of aromatic nitrogens is 2. The van der Waals surface area contributed by atoms with Crippen molar-refractivity contribution < 1.29 is 0 Å². The van der Waals surface area contributed by atoms with E-state index in [1.807, 2.05) is 19.2 Å². The number of benzene rings is 1. The number of anilines is 1. The SMILES string of the molecule is CNc1cc(C2CC2)nc(-c2ccc(Cl)c(Cl)c2)n1. The lowest BCUT2D eigenvalue weighted by Crippen LogP contribution is -2.00. The van der Waals surface area contributed by atoms with Crippen molar-refractivity contribution in [2.24, 2.45) is 0 Å². The zero-order valence-corrected chi connectivity index (χ0v) is 12.0. The van der Waals surface area contributed by atoms with Crippen LogP contribution >= 0.6 is 23.2 Å². The second kappa shape index (κ2) is 4.99. The molecule has 98 valence electrons. The van der Waals surface area contributed by atoms with E-state index in [1.165, 1.54) is 12.8 Å². The summed E-state index contributed by atoms with van der Waals surface area (Å²) in [6.45, 7) is 0. The van der Waals surface area contributed by atoms with Crippen LogP contribution in [0.3, 0.4) is 0 Å². The molecule has 1 saturated carbocycles. The Hall–Kier alpha value is -1.32. The van der Waals surface area contributed by atoms with Crippen molar-refractivity contribution in [3.8, 4) is 11.4 Å². The summed E-state index contributed by atoms with van der Waals surface area (Å²) in [6, 6.07) is 7.47. The molecule has 3 rings (SSSR count). The van der Waals surface area contributed by atoms with Gasteiger partial charge in [0.05, 0.1) is 10.0 Å². The maximum atomic E-state index is 6.05. The van der Waals surface area contributed by atoms with Crippen molar-refractivity contribution >= 4 is 29.0 Å². The lowest BCUT2D eigenvalue weighted by molar-refractivity contribution is 0.995. The molecule has 0 bridgehead atoms. The van der Waals surface area contributed by atoms with Crippen molar-refractivity contribution in [3.05, 3.63) is 40.0 Å². The van der Waals surface area contributed by atoms with Crippen molar-refractivity contribution in [2.75, 3.05) is 12.4 Å². The van der Waals surface area contributed by atoms with Crippen LogP contribution in [-0.2, 0) is 0 Å². The van der Waals surface area contributed by atoms with Crippen LogP contribution in [0.2, 0.25) is 10.0 Å². The topological polar surface area (TPSA) is 37.8 Å². The fraction of sp³-hybridized carbons (Fsp3) is 0.286. The quantitative estimate of drug-likeness (QED) is 0.913. The van der Waals surface area contributed by atoms with E-state index in [4.69, 9.17) is 23.2 Å². The Morgan fingerprint density at radius 2 is 1.89 bits per heavy atom. The van der Waals surface area contributed by atoms with E-state index < -0.39 is 0 Å². The van der Waals surface area contributed by atoms with Gasteiger partial charge in [-0.2, -0.15) is 0 Å². The third-order valence-corrected chi connectivity index (χ3v) is 3.91. The van der Waals surface area contributed by atoms with Gasteiger partial charge in [-0.05, 0) is 31.0 Å². The highest BCUT2D eigenvalue weighted by atomic mass is 35.5. The minimum atomic E-state index is 0.519. The van der Waals surface area contributed by atoms with E-state index in [9.17, 15) is 0 Å².